The highest BCUT2D eigenvalue weighted by atomic mass is 19.4. The second-order valence-electron chi connectivity index (χ2n) is 4.91. The van der Waals surface area contributed by atoms with Crippen LogP contribution in [-0.4, -0.2) is 28.5 Å². The molecule has 1 rings (SSSR count). The predicted molar refractivity (Wildman–Crippen MR) is 72.2 cm³/mol. The molecule has 0 saturated carbocycles. The molecule has 0 aromatic carbocycles. The first kappa shape index (κ1) is 17.9. The monoisotopic (exact) mass is 318 g/mol. The van der Waals surface area contributed by atoms with E-state index < -0.39 is 29.0 Å². The number of carboxylic acid groups (broad SMARTS) is 1. The zero-order chi connectivity index (χ0) is 17.0. The normalized spacial score (nSPS) is 12.0. The molecule has 1 aromatic rings. The van der Waals surface area contributed by atoms with Crippen molar-refractivity contribution in [1.82, 2.24) is 10.3 Å². The lowest BCUT2D eigenvalue weighted by Crippen LogP contribution is -2.42. The molecule has 122 valence electrons. The fourth-order valence-electron chi connectivity index (χ4n) is 1.91. The van der Waals surface area contributed by atoms with Gasteiger partial charge in [-0.1, -0.05) is 13.8 Å². The number of nitrogens with one attached hydrogen (secondary N) is 1. The number of carbonyl (C=O) groups is 2. The molecule has 0 unspecified atom stereocenters. The number of carbonyl (C=O) groups excluding carboxylic acids is 1. The number of rotatable bonds is 6. The maximum Gasteiger partial charge on any atom is 0.417 e. The maximum atomic E-state index is 12.4. The molecule has 0 spiro atoms. The van der Waals surface area contributed by atoms with E-state index in [4.69, 9.17) is 0 Å². The number of aromatic nitrogens is 1. The molecular formula is C14H17F3N2O3. The number of carboxylic acids is 1. The van der Waals surface area contributed by atoms with Gasteiger partial charge in [0.2, 0.25) is 0 Å². The molecule has 0 fully saturated rings. The Morgan fingerprint density at radius 3 is 2.18 bits per heavy atom. The van der Waals surface area contributed by atoms with E-state index in [2.05, 4.69) is 10.3 Å². The second-order valence-corrected chi connectivity index (χ2v) is 4.91. The van der Waals surface area contributed by atoms with E-state index in [0.29, 0.717) is 19.0 Å². The standard InChI is InChI=1S/C14H17F3N2O3/c1-3-13(4-2,12(21)22)8-19-11(20)10-6-5-9(7-18-10)14(15,16)17/h5-7H,3-4,8H2,1-2H3,(H,19,20)(H,21,22). The van der Waals surface area contributed by atoms with E-state index >= 15 is 0 Å². The van der Waals surface area contributed by atoms with E-state index in [1.807, 2.05) is 0 Å². The fraction of sp³-hybridized carbons (Fsp3) is 0.500. The Morgan fingerprint density at radius 1 is 1.23 bits per heavy atom. The summed E-state index contributed by atoms with van der Waals surface area (Å²) >= 11 is 0. The van der Waals surface area contributed by atoms with E-state index in [0.717, 1.165) is 12.1 Å². The third kappa shape index (κ3) is 3.96. The molecule has 5 nitrogen and oxygen atoms in total. The molecule has 1 aromatic heterocycles. The number of aliphatic carboxylic acids is 1. The Bertz CT molecular complexity index is 537. The number of hydrogen-bond acceptors (Lipinski definition) is 3. The molecule has 0 radical (unpaired) electrons. The van der Waals surface area contributed by atoms with Gasteiger partial charge >= 0.3 is 12.1 Å². The van der Waals surface area contributed by atoms with Crippen molar-refractivity contribution in [2.75, 3.05) is 6.54 Å². The third-order valence-electron chi connectivity index (χ3n) is 3.72. The van der Waals surface area contributed by atoms with Crippen molar-refractivity contribution in [3.05, 3.63) is 29.6 Å². The molecule has 1 heterocycles. The van der Waals surface area contributed by atoms with Gasteiger partial charge in [0.15, 0.2) is 0 Å². The summed E-state index contributed by atoms with van der Waals surface area (Å²) in [7, 11) is 0. The van der Waals surface area contributed by atoms with Crippen molar-refractivity contribution < 1.29 is 27.9 Å². The molecule has 8 heteroatoms. The molecule has 22 heavy (non-hydrogen) atoms. The van der Waals surface area contributed by atoms with Crippen molar-refractivity contribution in [1.29, 1.82) is 0 Å². The average molecular weight is 318 g/mol. The molecule has 0 aliphatic heterocycles. The van der Waals surface area contributed by atoms with Crippen LogP contribution in [0.25, 0.3) is 0 Å². The van der Waals surface area contributed by atoms with Gasteiger partial charge in [0.1, 0.15) is 5.69 Å². The second kappa shape index (κ2) is 6.76. The molecule has 0 aliphatic rings. The minimum Gasteiger partial charge on any atom is -0.481 e. The van der Waals surface area contributed by atoms with Crippen molar-refractivity contribution in [3.63, 3.8) is 0 Å². The largest absolute Gasteiger partial charge is 0.481 e. The van der Waals surface area contributed by atoms with Gasteiger partial charge in [0.25, 0.3) is 5.91 Å². The van der Waals surface area contributed by atoms with E-state index in [9.17, 15) is 27.9 Å². The Labute approximate surface area is 125 Å². The Morgan fingerprint density at radius 2 is 1.82 bits per heavy atom. The Kier molecular flexibility index (Phi) is 5.51. The van der Waals surface area contributed by atoms with Crippen LogP contribution in [0.3, 0.4) is 0 Å². The number of amides is 1. The lowest BCUT2D eigenvalue weighted by molar-refractivity contribution is -0.149. The summed E-state index contributed by atoms with van der Waals surface area (Å²) in [5, 5.41) is 11.7. The number of pyridine rings is 1. The quantitative estimate of drug-likeness (QED) is 0.845. The van der Waals surface area contributed by atoms with Crippen molar-refractivity contribution in [2.24, 2.45) is 5.41 Å². The lowest BCUT2D eigenvalue weighted by Gasteiger charge is -2.26. The topological polar surface area (TPSA) is 79.3 Å². The Hall–Kier alpha value is -2.12. The fourth-order valence-corrected chi connectivity index (χ4v) is 1.91. The van der Waals surface area contributed by atoms with E-state index in [1.54, 1.807) is 13.8 Å². The summed E-state index contributed by atoms with van der Waals surface area (Å²) in [6.45, 7) is 3.27. The first-order valence-corrected chi connectivity index (χ1v) is 6.71. The molecular weight excluding hydrogens is 301 g/mol. The van der Waals surface area contributed by atoms with Crippen LogP contribution in [0.4, 0.5) is 13.2 Å². The van der Waals surface area contributed by atoms with Gasteiger partial charge in [-0.3, -0.25) is 14.6 Å². The Balaban J connectivity index is 2.79. The van der Waals surface area contributed by atoms with Gasteiger partial charge in [0.05, 0.1) is 11.0 Å². The van der Waals surface area contributed by atoms with Crippen LogP contribution in [0, 0.1) is 5.41 Å². The van der Waals surface area contributed by atoms with Crippen LogP contribution in [0.1, 0.15) is 42.7 Å². The highest BCUT2D eigenvalue weighted by molar-refractivity contribution is 5.92. The van der Waals surface area contributed by atoms with Gasteiger partial charge in [-0.15, -0.1) is 0 Å². The summed E-state index contributed by atoms with van der Waals surface area (Å²) < 4.78 is 37.2. The summed E-state index contributed by atoms with van der Waals surface area (Å²) in [6.07, 6.45) is -3.32. The zero-order valence-corrected chi connectivity index (χ0v) is 12.2. The van der Waals surface area contributed by atoms with Gasteiger partial charge in [0, 0.05) is 12.7 Å². The smallest absolute Gasteiger partial charge is 0.417 e. The average Bonchev–Trinajstić information content (AvgIpc) is 2.47. The molecule has 0 bridgehead atoms. The van der Waals surface area contributed by atoms with Crippen molar-refractivity contribution in [2.45, 2.75) is 32.9 Å². The number of alkyl halides is 3. The first-order chi connectivity index (χ1) is 10.2. The molecule has 0 aliphatic carbocycles. The molecule has 1 amide bonds. The third-order valence-corrected chi connectivity index (χ3v) is 3.72. The van der Waals surface area contributed by atoms with Gasteiger partial charge in [-0.2, -0.15) is 13.2 Å². The number of halogens is 3. The number of hydrogen-bond donors (Lipinski definition) is 2. The SMILES string of the molecule is CCC(CC)(CNC(=O)c1ccc(C(F)(F)F)cn1)C(=O)O. The highest BCUT2D eigenvalue weighted by Gasteiger charge is 2.35. The number of nitrogens with zero attached hydrogens (tertiary/aromatic N) is 1. The zero-order valence-electron chi connectivity index (χ0n) is 12.2. The molecule has 0 saturated heterocycles. The van der Waals surface area contributed by atoms with Crippen LogP contribution in [0.15, 0.2) is 18.3 Å². The van der Waals surface area contributed by atoms with Crippen LogP contribution < -0.4 is 5.32 Å². The minimum atomic E-state index is -4.52. The van der Waals surface area contributed by atoms with Gasteiger partial charge < -0.3 is 10.4 Å². The minimum absolute atomic E-state index is 0.114. The van der Waals surface area contributed by atoms with Crippen LogP contribution in [0.5, 0.6) is 0 Å². The summed E-state index contributed by atoms with van der Waals surface area (Å²) in [5.74, 6) is -1.74. The van der Waals surface area contributed by atoms with Crippen LogP contribution >= 0.6 is 0 Å². The first-order valence-electron chi connectivity index (χ1n) is 6.71. The predicted octanol–water partition coefficient (Wildman–Crippen LogP) is 2.72. The lowest BCUT2D eigenvalue weighted by atomic mass is 9.82. The van der Waals surface area contributed by atoms with Gasteiger partial charge in [-0.05, 0) is 25.0 Å². The van der Waals surface area contributed by atoms with Crippen LogP contribution in [-0.2, 0) is 11.0 Å². The summed E-state index contributed by atoms with van der Waals surface area (Å²) in [6, 6.07) is 1.71. The summed E-state index contributed by atoms with van der Waals surface area (Å²) in [5.41, 5.74) is -2.24. The summed E-state index contributed by atoms with van der Waals surface area (Å²) in [4.78, 5) is 26.6. The van der Waals surface area contributed by atoms with Crippen molar-refractivity contribution in [3.8, 4) is 0 Å². The van der Waals surface area contributed by atoms with E-state index in [-0.39, 0.29) is 12.2 Å². The van der Waals surface area contributed by atoms with Crippen molar-refractivity contribution >= 4 is 11.9 Å². The molecule has 2 N–H and O–H groups in total. The maximum absolute atomic E-state index is 12.4. The molecule has 0 atom stereocenters. The highest BCUT2D eigenvalue weighted by Crippen LogP contribution is 2.28. The van der Waals surface area contributed by atoms with E-state index in [1.165, 1.54) is 0 Å². The van der Waals surface area contributed by atoms with Gasteiger partial charge in [-0.25, -0.2) is 0 Å². The van der Waals surface area contributed by atoms with Crippen LogP contribution in [0.2, 0.25) is 0 Å².